The van der Waals surface area contributed by atoms with E-state index in [0.29, 0.717) is 29.2 Å². The second-order valence-corrected chi connectivity index (χ2v) is 8.62. The molecule has 0 aliphatic carbocycles. The molecule has 4 aromatic rings. The summed E-state index contributed by atoms with van der Waals surface area (Å²) in [5.74, 6) is 2.34. The van der Waals surface area contributed by atoms with Gasteiger partial charge < -0.3 is 23.3 Å². The van der Waals surface area contributed by atoms with E-state index in [1.54, 1.807) is 4.68 Å². The van der Waals surface area contributed by atoms with Crippen molar-refractivity contribution in [1.82, 2.24) is 29.3 Å². The van der Waals surface area contributed by atoms with Gasteiger partial charge in [0.25, 0.3) is 0 Å². The number of aryl methyl sites for hydroxylation is 3. The van der Waals surface area contributed by atoms with E-state index in [1.807, 2.05) is 53.8 Å². The van der Waals surface area contributed by atoms with E-state index in [4.69, 9.17) is 26.6 Å². The Morgan fingerprint density at radius 2 is 1.79 bits per heavy atom. The molecule has 0 saturated carbocycles. The van der Waals surface area contributed by atoms with Crippen molar-refractivity contribution in [1.29, 1.82) is 0 Å². The molecule has 0 N–H and O–H groups in total. The van der Waals surface area contributed by atoms with E-state index < -0.39 is 0 Å². The number of benzene rings is 1. The summed E-state index contributed by atoms with van der Waals surface area (Å²) in [6, 6.07) is 9.88. The summed E-state index contributed by atoms with van der Waals surface area (Å²) in [7, 11) is 1.99. The Kier molecular flexibility index (Phi) is 8.90. The molecule has 0 saturated heterocycles. The summed E-state index contributed by atoms with van der Waals surface area (Å²) in [5.41, 5.74) is 4.38. The van der Waals surface area contributed by atoms with Gasteiger partial charge in [0.15, 0.2) is 22.1 Å². The Morgan fingerprint density at radius 1 is 1.09 bits per heavy atom. The zero-order chi connectivity index (χ0) is 22.8. The van der Waals surface area contributed by atoms with Gasteiger partial charge in [-0.3, -0.25) is 0 Å². The molecule has 1 aromatic carbocycles. The van der Waals surface area contributed by atoms with Crippen LogP contribution in [0.1, 0.15) is 24.0 Å². The van der Waals surface area contributed by atoms with E-state index in [-0.39, 0.29) is 31.1 Å². The van der Waals surface area contributed by atoms with Crippen molar-refractivity contribution in [3.63, 3.8) is 0 Å². The summed E-state index contributed by atoms with van der Waals surface area (Å²) in [6.07, 6.45) is 0.816. The normalized spacial score (nSPS) is 11.1. The van der Waals surface area contributed by atoms with Crippen molar-refractivity contribution in [2.45, 2.75) is 31.2 Å². The first-order valence-electron chi connectivity index (χ1n) is 10.5. The zero-order valence-electron chi connectivity index (χ0n) is 19.0. The van der Waals surface area contributed by atoms with Crippen LogP contribution in [0.25, 0.3) is 16.9 Å². The van der Waals surface area contributed by atoms with E-state index in [9.17, 15) is 0 Å². The number of halogens is 1. The van der Waals surface area contributed by atoms with Crippen molar-refractivity contribution < 1.29 is 31.1 Å². The van der Waals surface area contributed by atoms with Gasteiger partial charge in [-0.05, 0) is 19.1 Å². The van der Waals surface area contributed by atoms with Gasteiger partial charge >= 0.3 is 31.1 Å². The van der Waals surface area contributed by atoms with Crippen LogP contribution >= 0.6 is 23.4 Å². The van der Waals surface area contributed by atoms with Gasteiger partial charge in [-0.1, -0.05) is 48.5 Å². The Balaban J connectivity index is 0.00000306. The van der Waals surface area contributed by atoms with E-state index >= 15 is 0 Å². The van der Waals surface area contributed by atoms with Crippen LogP contribution in [0.4, 0.5) is 5.82 Å². The number of hydrogen-bond donors (Lipinski definition) is 0. The van der Waals surface area contributed by atoms with Crippen molar-refractivity contribution in [3.8, 4) is 5.69 Å². The standard InChI is InChI=1S/C23H26ClN7S.U/c1-6-18-25-19-21(29(18)5)26-23(27-22(19)30(7-2)8-3)32-14-17-15(4)28-31(20(17)24)16-12-10-9-11-13-16;/h9-13H,2-3,6-8,14H2,1,4-5H3;/q-2;+2. The van der Waals surface area contributed by atoms with Crippen LogP contribution in [-0.4, -0.2) is 42.4 Å². The molecule has 4 rings (SSSR count). The number of anilines is 1. The topological polar surface area (TPSA) is 64.7 Å². The molecule has 0 spiro atoms. The Hall–Kier alpha value is -1.53. The predicted octanol–water partition coefficient (Wildman–Crippen LogP) is 4.84. The van der Waals surface area contributed by atoms with Crippen LogP contribution < -0.4 is 4.90 Å². The van der Waals surface area contributed by atoms with Crippen LogP contribution in [0.2, 0.25) is 5.15 Å². The Morgan fingerprint density at radius 3 is 2.42 bits per heavy atom. The summed E-state index contributed by atoms with van der Waals surface area (Å²) in [4.78, 5) is 16.4. The molecule has 10 heteroatoms. The van der Waals surface area contributed by atoms with E-state index in [0.717, 1.165) is 46.2 Å². The maximum atomic E-state index is 6.71. The largest absolute Gasteiger partial charge is 2.00 e. The van der Waals surface area contributed by atoms with Crippen LogP contribution in [0.15, 0.2) is 35.5 Å². The third kappa shape index (κ3) is 5.12. The first kappa shape index (κ1) is 26.1. The number of imidazole rings is 1. The molecule has 0 aliphatic rings. The van der Waals surface area contributed by atoms with Crippen LogP contribution in [0.3, 0.4) is 0 Å². The fraction of sp³-hybridized carbons (Fsp3) is 0.304. The zero-order valence-corrected chi connectivity index (χ0v) is 24.8. The molecule has 0 radical (unpaired) electrons. The number of para-hydroxylation sites is 1. The molecule has 0 aliphatic heterocycles. The van der Waals surface area contributed by atoms with Crippen molar-refractivity contribution in [3.05, 3.63) is 66.4 Å². The first-order valence-corrected chi connectivity index (χ1v) is 11.8. The second-order valence-electron chi connectivity index (χ2n) is 7.32. The molecular weight excluding hydrogens is 680 g/mol. The molecule has 0 bridgehead atoms. The van der Waals surface area contributed by atoms with Gasteiger partial charge in [-0.2, -0.15) is 5.10 Å². The van der Waals surface area contributed by atoms with Crippen molar-refractivity contribution in [2.75, 3.05) is 18.0 Å². The van der Waals surface area contributed by atoms with Gasteiger partial charge in [0.2, 0.25) is 0 Å². The Labute approximate surface area is 227 Å². The average molecular weight is 706 g/mol. The number of aromatic nitrogens is 6. The predicted molar refractivity (Wildman–Crippen MR) is 131 cm³/mol. The molecular formula is C23H26ClN7SU. The van der Waals surface area contributed by atoms with Gasteiger partial charge in [0.05, 0.1) is 11.4 Å². The van der Waals surface area contributed by atoms with Crippen molar-refractivity contribution >= 4 is 40.3 Å². The Bertz CT molecular complexity index is 1240. The van der Waals surface area contributed by atoms with E-state index in [2.05, 4.69) is 25.9 Å². The molecule has 0 amide bonds. The summed E-state index contributed by atoms with van der Waals surface area (Å²) >= 11 is 8.24. The SMILES string of the molecule is [CH2-]CN(C[CH2-])c1nc(SCc2c(C)nn(-c3ccccc3)c2Cl)nc2c1nc(CC)n2C.[U+2]. The third-order valence-electron chi connectivity index (χ3n) is 5.40. The monoisotopic (exact) mass is 705 g/mol. The summed E-state index contributed by atoms with van der Waals surface area (Å²) in [5, 5.41) is 5.90. The minimum Gasteiger partial charge on any atom is -0.415 e. The van der Waals surface area contributed by atoms with Crippen molar-refractivity contribution in [2.24, 2.45) is 7.05 Å². The van der Waals surface area contributed by atoms with Gasteiger partial charge in [-0.25, -0.2) is 19.6 Å². The molecule has 3 aromatic heterocycles. The number of fused-ring (bicyclic) bond motifs is 1. The van der Waals surface area contributed by atoms with Crippen LogP contribution in [0.5, 0.6) is 0 Å². The minimum absolute atomic E-state index is 0. The number of rotatable bonds is 8. The van der Waals surface area contributed by atoms with Crippen LogP contribution in [0, 0.1) is 51.9 Å². The maximum absolute atomic E-state index is 6.71. The molecule has 33 heavy (non-hydrogen) atoms. The van der Waals surface area contributed by atoms with Gasteiger partial charge in [-0.15, -0.1) is 13.1 Å². The number of thioether (sulfide) groups is 1. The molecule has 170 valence electrons. The molecule has 0 fully saturated rings. The van der Waals surface area contributed by atoms with Gasteiger partial charge in [0, 0.05) is 24.8 Å². The number of nitrogens with zero attached hydrogens (tertiary/aromatic N) is 7. The molecule has 0 unspecified atom stereocenters. The fourth-order valence-corrected chi connectivity index (χ4v) is 4.91. The molecule has 3 heterocycles. The smallest absolute Gasteiger partial charge is 0.415 e. The van der Waals surface area contributed by atoms with Gasteiger partial charge in [0.1, 0.15) is 11.0 Å². The second kappa shape index (κ2) is 11.3. The van der Waals surface area contributed by atoms with Crippen LogP contribution in [-0.2, 0) is 19.2 Å². The fourth-order valence-electron chi connectivity index (χ4n) is 3.57. The average Bonchev–Trinajstić information content (AvgIpc) is 3.29. The maximum Gasteiger partial charge on any atom is 2.00 e. The third-order valence-corrected chi connectivity index (χ3v) is 6.66. The molecule has 0 atom stereocenters. The first-order chi connectivity index (χ1) is 15.5. The summed E-state index contributed by atoms with van der Waals surface area (Å²) < 4.78 is 3.80. The van der Waals surface area contributed by atoms with E-state index in [1.165, 1.54) is 11.8 Å². The minimum atomic E-state index is 0. The molecule has 7 nitrogen and oxygen atoms in total. The summed E-state index contributed by atoms with van der Waals surface area (Å²) in [6.45, 7) is 13.2. The number of hydrogen-bond acceptors (Lipinski definition) is 6. The quantitative estimate of drug-likeness (QED) is 0.149.